The van der Waals surface area contributed by atoms with Crippen molar-refractivity contribution in [1.82, 2.24) is 0 Å². The molecule has 6 nitrogen and oxygen atoms in total. The highest BCUT2D eigenvalue weighted by Crippen LogP contribution is 2.28. The molecule has 0 aromatic heterocycles. The second-order valence-corrected chi connectivity index (χ2v) is 3.65. The lowest BCUT2D eigenvalue weighted by Crippen LogP contribution is -2.12. The van der Waals surface area contributed by atoms with Crippen LogP contribution in [0.3, 0.4) is 0 Å². The average Bonchev–Trinajstić information content (AvgIpc) is 2.35. The van der Waals surface area contributed by atoms with Crippen LogP contribution in [-0.4, -0.2) is 29.7 Å². The van der Waals surface area contributed by atoms with Gasteiger partial charge >= 0.3 is 0 Å². The molecule has 0 aliphatic rings. The maximum atomic E-state index is 12.0. The zero-order chi connectivity index (χ0) is 14.4. The van der Waals surface area contributed by atoms with E-state index in [4.69, 9.17) is 22.1 Å². The van der Waals surface area contributed by atoms with E-state index in [9.17, 15) is 18.9 Å². The minimum atomic E-state index is -2.68. The molecule has 104 valence electrons. The first kappa shape index (κ1) is 15.1. The molecule has 9 heteroatoms. The lowest BCUT2D eigenvalue weighted by atomic mass is 10.2. The fourth-order valence-electron chi connectivity index (χ4n) is 1.18. The molecule has 2 N–H and O–H groups in total. The zero-order valence-electron chi connectivity index (χ0n) is 9.55. The van der Waals surface area contributed by atoms with Crippen LogP contribution in [0.2, 0.25) is 0 Å². The number of benzene rings is 1. The van der Waals surface area contributed by atoms with Crippen molar-refractivity contribution in [3.05, 3.63) is 28.3 Å². The molecule has 1 aromatic carbocycles. The third kappa shape index (κ3) is 5.04. The summed E-state index contributed by atoms with van der Waals surface area (Å²) in [4.78, 5) is 13.8. The number of alkyl halides is 3. The van der Waals surface area contributed by atoms with Crippen molar-refractivity contribution in [3.8, 4) is 5.75 Å². The van der Waals surface area contributed by atoms with Crippen LogP contribution in [0.4, 0.5) is 20.2 Å². The summed E-state index contributed by atoms with van der Waals surface area (Å²) in [5.74, 6) is -0.103. The summed E-state index contributed by atoms with van der Waals surface area (Å²) in [6.07, 6.45) is -2.68. The fraction of sp³-hybridized carbons (Fsp3) is 0.300. The quantitative estimate of drug-likeness (QED) is 0.287. The molecule has 0 bridgehead atoms. The highest BCUT2D eigenvalue weighted by Gasteiger charge is 2.12. The van der Waals surface area contributed by atoms with Gasteiger partial charge in [-0.2, -0.15) is 0 Å². The molecular formula is C10H10ClF2N3O3. The van der Waals surface area contributed by atoms with Crippen molar-refractivity contribution in [2.45, 2.75) is 6.43 Å². The maximum Gasteiger partial charge on any atom is 0.275 e. The number of hydrogen-bond acceptors (Lipinski definition) is 4. The number of rotatable bonds is 6. The van der Waals surface area contributed by atoms with Gasteiger partial charge < -0.3 is 10.5 Å². The lowest BCUT2D eigenvalue weighted by Gasteiger charge is -2.06. The molecule has 0 radical (unpaired) electrons. The monoisotopic (exact) mass is 293 g/mol. The van der Waals surface area contributed by atoms with Crippen LogP contribution in [0.25, 0.3) is 0 Å². The largest absolute Gasteiger partial charge is 0.487 e. The van der Waals surface area contributed by atoms with Gasteiger partial charge in [0, 0.05) is 12.1 Å². The first-order chi connectivity index (χ1) is 8.92. The van der Waals surface area contributed by atoms with Gasteiger partial charge in [-0.05, 0) is 0 Å². The molecule has 0 saturated carbocycles. The lowest BCUT2D eigenvalue weighted by molar-refractivity contribution is -0.384. The fourth-order valence-corrected chi connectivity index (χ4v) is 1.24. The van der Waals surface area contributed by atoms with Gasteiger partial charge in [-0.25, -0.2) is 13.8 Å². The van der Waals surface area contributed by atoms with Gasteiger partial charge in [0.25, 0.3) is 12.1 Å². The van der Waals surface area contributed by atoms with E-state index in [1.54, 1.807) is 0 Å². The van der Waals surface area contributed by atoms with Gasteiger partial charge in [0.1, 0.15) is 18.2 Å². The Morgan fingerprint density at radius 1 is 1.53 bits per heavy atom. The summed E-state index contributed by atoms with van der Waals surface area (Å²) in [5, 5.41) is 10.7. The zero-order valence-corrected chi connectivity index (χ0v) is 10.3. The number of ether oxygens (including phenoxy) is 1. The number of nitro benzene ring substituents is 1. The summed E-state index contributed by atoms with van der Waals surface area (Å²) in [5.41, 5.74) is 5.16. The molecule has 1 aromatic rings. The predicted molar refractivity (Wildman–Crippen MR) is 66.6 cm³/mol. The third-order valence-electron chi connectivity index (χ3n) is 1.87. The Hall–Kier alpha value is -1.96. The second-order valence-electron chi connectivity index (χ2n) is 3.38. The number of halogens is 3. The Kier molecular flexibility index (Phi) is 5.43. The number of hydrogen-bond donors (Lipinski definition) is 1. The molecule has 0 heterocycles. The third-order valence-corrected chi connectivity index (χ3v) is 2.15. The van der Waals surface area contributed by atoms with Crippen LogP contribution in [0, 0.1) is 10.1 Å². The normalized spacial score (nSPS) is 11.7. The van der Waals surface area contributed by atoms with Crippen molar-refractivity contribution in [1.29, 1.82) is 0 Å². The summed E-state index contributed by atoms with van der Waals surface area (Å²) < 4.78 is 28.8. The van der Waals surface area contributed by atoms with E-state index in [-0.39, 0.29) is 28.8 Å². The molecule has 0 saturated heterocycles. The van der Waals surface area contributed by atoms with Gasteiger partial charge in [-0.15, -0.1) is 11.6 Å². The van der Waals surface area contributed by atoms with E-state index >= 15 is 0 Å². The Bertz CT molecular complexity index is 497. The standard InChI is InChI=1S/C10H10ClF2N3O3/c11-4-10(14)15-6-1-7(16(17)18)3-8(2-6)19-5-9(12)13/h1-3,9H,4-5H2,(H2,14,15). The van der Waals surface area contributed by atoms with Crippen molar-refractivity contribution in [2.75, 3.05) is 12.5 Å². The van der Waals surface area contributed by atoms with Crippen molar-refractivity contribution < 1.29 is 18.4 Å². The minimum Gasteiger partial charge on any atom is -0.487 e. The Labute approximate surface area is 112 Å². The molecule has 0 unspecified atom stereocenters. The number of amidine groups is 1. The number of nitrogens with two attached hydrogens (primary N) is 1. The van der Waals surface area contributed by atoms with Crippen LogP contribution in [0.1, 0.15) is 0 Å². The molecule has 0 spiro atoms. The van der Waals surface area contributed by atoms with Crippen LogP contribution in [-0.2, 0) is 0 Å². The summed E-state index contributed by atoms with van der Waals surface area (Å²) in [6.45, 7) is -0.866. The van der Waals surface area contributed by atoms with Crippen LogP contribution in [0.15, 0.2) is 23.2 Å². The van der Waals surface area contributed by atoms with E-state index in [1.165, 1.54) is 6.07 Å². The Morgan fingerprint density at radius 2 is 2.21 bits per heavy atom. The highest BCUT2D eigenvalue weighted by molar-refractivity contribution is 6.28. The van der Waals surface area contributed by atoms with Crippen LogP contribution >= 0.6 is 11.6 Å². The molecular weight excluding hydrogens is 284 g/mol. The maximum absolute atomic E-state index is 12.0. The first-order valence-corrected chi connectivity index (χ1v) is 5.55. The van der Waals surface area contributed by atoms with Gasteiger partial charge in [-0.3, -0.25) is 10.1 Å². The predicted octanol–water partition coefficient (Wildman–Crippen LogP) is 2.47. The van der Waals surface area contributed by atoms with Crippen LogP contribution < -0.4 is 10.5 Å². The van der Waals surface area contributed by atoms with Crippen molar-refractivity contribution in [3.63, 3.8) is 0 Å². The summed E-state index contributed by atoms with van der Waals surface area (Å²) in [6, 6.07) is 3.42. The van der Waals surface area contributed by atoms with Gasteiger partial charge in [0.2, 0.25) is 0 Å². The molecule has 0 atom stereocenters. The van der Waals surface area contributed by atoms with Crippen molar-refractivity contribution >= 4 is 28.8 Å². The molecule has 0 aliphatic carbocycles. The summed E-state index contributed by atoms with van der Waals surface area (Å²) >= 11 is 5.43. The van der Waals surface area contributed by atoms with Crippen LogP contribution in [0.5, 0.6) is 5.75 Å². The molecule has 0 fully saturated rings. The molecule has 1 rings (SSSR count). The van der Waals surface area contributed by atoms with Gasteiger partial charge in [-0.1, -0.05) is 0 Å². The van der Waals surface area contributed by atoms with Crippen molar-refractivity contribution in [2.24, 2.45) is 10.7 Å². The highest BCUT2D eigenvalue weighted by atomic mass is 35.5. The smallest absolute Gasteiger partial charge is 0.275 e. The Balaban J connectivity index is 3.07. The molecule has 0 aliphatic heterocycles. The molecule has 19 heavy (non-hydrogen) atoms. The first-order valence-electron chi connectivity index (χ1n) is 5.01. The number of non-ortho nitro benzene ring substituents is 1. The second kappa shape index (κ2) is 6.83. The number of aliphatic imine (C=N–C) groups is 1. The average molecular weight is 294 g/mol. The Morgan fingerprint density at radius 3 is 2.74 bits per heavy atom. The molecule has 0 amide bonds. The van der Waals surface area contributed by atoms with Gasteiger partial charge in [0.15, 0.2) is 0 Å². The van der Waals surface area contributed by atoms with Gasteiger partial charge in [0.05, 0.1) is 22.6 Å². The van der Waals surface area contributed by atoms with E-state index < -0.39 is 18.0 Å². The minimum absolute atomic E-state index is 0.0435. The number of nitro groups is 1. The van der Waals surface area contributed by atoms with E-state index in [2.05, 4.69) is 4.99 Å². The van der Waals surface area contributed by atoms with E-state index in [1.807, 2.05) is 0 Å². The number of nitrogens with zero attached hydrogens (tertiary/aromatic N) is 2. The topological polar surface area (TPSA) is 90.8 Å². The summed E-state index contributed by atoms with van der Waals surface area (Å²) in [7, 11) is 0. The van der Waals surface area contributed by atoms with E-state index in [0.717, 1.165) is 12.1 Å². The SMILES string of the molecule is NC(CCl)=Nc1cc(OCC(F)F)cc([N+](=O)[O-])c1. The van der Waals surface area contributed by atoms with E-state index in [0.29, 0.717) is 0 Å².